The van der Waals surface area contributed by atoms with Gasteiger partial charge < -0.3 is 10.1 Å². The van der Waals surface area contributed by atoms with Gasteiger partial charge in [0.2, 0.25) is 0 Å². The van der Waals surface area contributed by atoms with Crippen LogP contribution in [0, 0.1) is 30.4 Å². The Morgan fingerprint density at radius 3 is 2.30 bits per heavy atom. The van der Waals surface area contributed by atoms with Crippen LogP contribution in [-0.4, -0.2) is 19.3 Å². The Kier molecular flexibility index (Phi) is 4.45. The Morgan fingerprint density at radius 1 is 1.15 bits per heavy atom. The number of hydrogen-bond acceptors (Lipinski definition) is 2. The van der Waals surface area contributed by atoms with Gasteiger partial charge in [-0.1, -0.05) is 13.0 Å². The first kappa shape index (κ1) is 15.4. The Balaban J connectivity index is 2.46. The van der Waals surface area contributed by atoms with Gasteiger partial charge in [-0.3, -0.25) is 0 Å². The van der Waals surface area contributed by atoms with Gasteiger partial charge in [-0.15, -0.1) is 0 Å². The molecule has 4 heteroatoms. The predicted octanol–water partition coefficient (Wildman–Crippen LogP) is 3.59. The zero-order valence-corrected chi connectivity index (χ0v) is 12.7. The van der Waals surface area contributed by atoms with Gasteiger partial charge in [-0.05, 0) is 45.4 Å². The van der Waals surface area contributed by atoms with Gasteiger partial charge in [0.1, 0.15) is 11.6 Å². The fourth-order valence-corrected chi connectivity index (χ4v) is 3.36. The molecule has 0 amide bonds. The van der Waals surface area contributed by atoms with Gasteiger partial charge in [0, 0.05) is 17.5 Å². The normalized spacial score (nSPS) is 31.6. The van der Waals surface area contributed by atoms with Crippen molar-refractivity contribution in [3.05, 3.63) is 34.9 Å². The molecule has 0 aromatic heterocycles. The van der Waals surface area contributed by atoms with E-state index in [9.17, 15) is 8.78 Å². The van der Waals surface area contributed by atoms with E-state index in [4.69, 9.17) is 4.74 Å². The Labute approximate surface area is 119 Å². The molecule has 2 nitrogen and oxygen atoms in total. The van der Waals surface area contributed by atoms with Crippen LogP contribution in [0.3, 0.4) is 0 Å². The average molecular weight is 283 g/mol. The molecule has 5 unspecified atom stereocenters. The summed E-state index contributed by atoms with van der Waals surface area (Å²) in [6.45, 7) is 7.72. The van der Waals surface area contributed by atoms with E-state index in [1.165, 1.54) is 12.1 Å². The highest BCUT2D eigenvalue weighted by Crippen LogP contribution is 2.41. The average Bonchev–Trinajstić information content (AvgIpc) is 2.65. The minimum Gasteiger partial charge on any atom is -0.375 e. The van der Waals surface area contributed by atoms with Gasteiger partial charge in [0.05, 0.1) is 12.2 Å². The molecule has 0 radical (unpaired) electrons. The molecule has 1 aliphatic rings. The minimum atomic E-state index is -0.494. The van der Waals surface area contributed by atoms with Crippen molar-refractivity contribution in [2.24, 2.45) is 11.8 Å². The van der Waals surface area contributed by atoms with Crippen molar-refractivity contribution in [1.82, 2.24) is 5.32 Å². The summed E-state index contributed by atoms with van der Waals surface area (Å²) < 4.78 is 34.4. The maximum absolute atomic E-state index is 14.4. The first-order valence-electron chi connectivity index (χ1n) is 7.15. The topological polar surface area (TPSA) is 21.3 Å². The van der Waals surface area contributed by atoms with E-state index < -0.39 is 11.6 Å². The van der Waals surface area contributed by atoms with Crippen LogP contribution in [0.25, 0.3) is 0 Å². The van der Waals surface area contributed by atoms with Crippen molar-refractivity contribution in [1.29, 1.82) is 0 Å². The van der Waals surface area contributed by atoms with Crippen LogP contribution in [0.5, 0.6) is 0 Å². The Bertz CT molecular complexity index is 492. The monoisotopic (exact) mass is 283 g/mol. The molecule has 20 heavy (non-hydrogen) atoms. The first-order chi connectivity index (χ1) is 9.38. The molecule has 5 atom stereocenters. The second kappa shape index (κ2) is 5.78. The second-order valence-electron chi connectivity index (χ2n) is 5.84. The van der Waals surface area contributed by atoms with Crippen molar-refractivity contribution >= 4 is 0 Å². The summed E-state index contributed by atoms with van der Waals surface area (Å²) in [4.78, 5) is 0. The van der Waals surface area contributed by atoms with Gasteiger partial charge in [0.25, 0.3) is 0 Å². The smallest absolute Gasteiger partial charge is 0.133 e. The highest BCUT2D eigenvalue weighted by atomic mass is 19.1. The maximum atomic E-state index is 14.4. The van der Waals surface area contributed by atoms with Crippen molar-refractivity contribution in [3.63, 3.8) is 0 Å². The number of nitrogens with one attached hydrogen (secondary N) is 1. The van der Waals surface area contributed by atoms with Crippen LogP contribution in [0.1, 0.15) is 37.9 Å². The summed E-state index contributed by atoms with van der Waals surface area (Å²) in [7, 11) is 1.74. The number of aryl methyl sites for hydroxylation is 1. The van der Waals surface area contributed by atoms with E-state index in [-0.39, 0.29) is 35.6 Å². The number of hydrogen-bond donors (Lipinski definition) is 1. The lowest BCUT2D eigenvalue weighted by Crippen LogP contribution is -2.34. The minimum absolute atomic E-state index is 0.0308. The van der Waals surface area contributed by atoms with Crippen molar-refractivity contribution < 1.29 is 13.5 Å². The molecule has 1 N–H and O–H groups in total. The van der Waals surface area contributed by atoms with E-state index in [2.05, 4.69) is 12.2 Å². The summed E-state index contributed by atoms with van der Waals surface area (Å²) >= 11 is 0. The number of ether oxygens (including phenoxy) is 1. The molecule has 1 aliphatic heterocycles. The van der Waals surface area contributed by atoms with Crippen molar-refractivity contribution in [2.75, 3.05) is 7.05 Å². The molecule has 1 heterocycles. The van der Waals surface area contributed by atoms with E-state index in [1.54, 1.807) is 14.0 Å². The molecule has 112 valence electrons. The maximum Gasteiger partial charge on any atom is 0.133 e. The number of halogens is 2. The number of benzene rings is 1. The predicted molar refractivity (Wildman–Crippen MR) is 75.6 cm³/mol. The molecule has 0 saturated carbocycles. The van der Waals surface area contributed by atoms with E-state index in [0.29, 0.717) is 5.56 Å². The highest BCUT2D eigenvalue weighted by molar-refractivity contribution is 5.30. The standard InChI is InChI=1S/C16H23F2NO/c1-8-6-7-12(17)14(15(8)18)16(19-5)13-9(2)10(3)20-11(13)4/h6-7,9-11,13,16,19H,1-5H3. The quantitative estimate of drug-likeness (QED) is 0.915. The van der Waals surface area contributed by atoms with E-state index >= 15 is 0 Å². The zero-order valence-electron chi connectivity index (χ0n) is 12.7. The SMILES string of the molecule is CNC(c1c(F)ccc(C)c1F)C1C(C)OC(C)C1C. The first-order valence-corrected chi connectivity index (χ1v) is 7.15. The number of rotatable bonds is 3. The van der Waals surface area contributed by atoms with E-state index in [1.807, 2.05) is 13.8 Å². The molecule has 1 aromatic carbocycles. The van der Waals surface area contributed by atoms with Crippen LogP contribution < -0.4 is 5.32 Å². The molecule has 0 bridgehead atoms. The Hall–Kier alpha value is -1.00. The molecule has 0 spiro atoms. The summed E-state index contributed by atoms with van der Waals surface area (Å²) in [5, 5.41) is 3.09. The van der Waals surface area contributed by atoms with Crippen LogP contribution >= 0.6 is 0 Å². The molecule has 1 aromatic rings. The van der Waals surface area contributed by atoms with Crippen LogP contribution in [-0.2, 0) is 4.74 Å². The lowest BCUT2D eigenvalue weighted by Gasteiger charge is -2.30. The highest BCUT2D eigenvalue weighted by Gasteiger charge is 2.43. The Morgan fingerprint density at radius 2 is 1.80 bits per heavy atom. The summed E-state index contributed by atoms with van der Waals surface area (Å²) in [6.07, 6.45) is 0.0681. The van der Waals surface area contributed by atoms with Crippen molar-refractivity contribution in [2.45, 2.75) is 45.9 Å². The van der Waals surface area contributed by atoms with Crippen LogP contribution in [0.2, 0.25) is 0 Å². The molecule has 1 saturated heterocycles. The fourth-order valence-electron chi connectivity index (χ4n) is 3.36. The van der Waals surface area contributed by atoms with Gasteiger partial charge in [0.15, 0.2) is 0 Å². The molecule has 0 aliphatic carbocycles. The third kappa shape index (κ3) is 2.47. The van der Waals surface area contributed by atoms with E-state index in [0.717, 1.165) is 0 Å². The van der Waals surface area contributed by atoms with Gasteiger partial charge in [-0.25, -0.2) is 8.78 Å². The lowest BCUT2D eigenvalue weighted by atomic mass is 9.80. The third-order valence-corrected chi connectivity index (χ3v) is 4.65. The summed E-state index contributed by atoms with van der Waals surface area (Å²) in [5.74, 6) is -0.669. The molecular weight excluding hydrogens is 260 g/mol. The molecule has 2 rings (SSSR count). The zero-order chi connectivity index (χ0) is 15.0. The summed E-state index contributed by atoms with van der Waals surface area (Å²) in [5.41, 5.74) is 0.600. The van der Waals surface area contributed by atoms with Crippen LogP contribution in [0.15, 0.2) is 12.1 Å². The lowest BCUT2D eigenvalue weighted by molar-refractivity contribution is 0.0475. The third-order valence-electron chi connectivity index (χ3n) is 4.65. The van der Waals surface area contributed by atoms with Gasteiger partial charge in [-0.2, -0.15) is 0 Å². The van der Waals surface area contributed by atoms with Gasteiger partial charge >= 0.3 is 0 Å². The second-order valence-corrected chi connectivity index (χ2v) is 5.84. The van der Waals surface area contributed by atoms with Crippen molar-refractivity contribution in [3.8, 4) is 0 Å². The molecule has 1 fully saturated rings. The molecular formula is C16H23F2NO. The largest absolute Gasteiger partial charge is 0.375 e. The van der Waals surface area contributed by atoms with Crippen LogP contribution in [0.4, 0.5) is 8.78 Å². The fraction of sp³-hybridized carbons (Fsp3) is 0.625. The summed E-state index contributed by atoms with van der Waals surface area (Å²) in [6, 6.07) is 2.43.